The van der Waals surface area contributed by atoms with Crippen LogP contribution in [0.3, 0.4) is 0 Å². The van der Waals surface area contributed by atoms with E-state index in [0.717, 1.165) is 28.1 Å². The smallest absolute Gasteiger partial charge is 0.145 e. The Balaban J connectivity index is 1.34. The summed E-state index contributed by atoms with van der Waals surface area (Å²) in [6.07, 6.45) is 0. The lowest BCUT2D eigenvalue weighted by molar-refractivity contribution is 1.10. The molecule has 0 spiro atoms. The fourth-order valence-corrected chi connectivity index (χ4v) is 8.33. The molecule has 0 fully saturated rings. The van der Waals surface area contributed by atoms with Gasteiger partial charge in [0.25, 0.3) is 0 Å². The Morgan fingerprint density at radius 1 is 0.300 bits per heavy atom. The van der Waals surface area contributed by atoms with Gasteiger partial charge in [-0.05, 0) is 79.2 Å². The Hall–Kier alpha value is -5.41. The molecule has 0 saturated carbocycles. The van der Waals surface area contributed by atoms with Crippen LogP contribution in [0.4, 0.5) is 0 Å². The maximum absolute atomic E-state index is 6.98. The number of imidazole rings is 1. The van der Waals surface area contributed by atoms with Crippen LogP contribution in [-0.4, -0.2) is 112 Å². The maximum atomic E-state index is 6.98. The average molecular weight is 726 g/mol. The van der Waals surface area contributed by atoms with Gasteiger partial charge in [0.2, 0.25) is 0 Å². The van der Waals surface area contributed by atoms with Gasteiger partial charge in [0.05, 0.1) is 11.0 Å². The molecule has 0 saturated heterocycles. The minimum Gasteiger partial charge on any atom is -0.292 e. The summed E-state index contributed by atoms with van der Waals surface area (Å²) in [5, 5.41) is 1.91. The molecule has 9 aromatic rings. The Kier molecular flexibility index (Phi) is 9.97. The summed E-state index contributed by atoms with van der Waals surface area (Å²) in [7, 11) is 85.7. The first-order valence-electron chi connectivity index (χ1n) is 18.8. The Bertz CT molecular complexity index is 3160. The molecule has 26 radical (unpaired) electrons. The van der Waals surface area contributed by atoms with E-state index in [-0.39, 0.29) is 71.0 Å². The number of hydrogen-bond acceptors (Lipinski definition) is 1. The molecular weight excluding hydrogens is 709 g/mol. The standard InChI is InChI=1S/C45H17B13N2/c46-32-27(33(47)39(53)44(58)38(32)52)20-12-10-18(11-13-20)25-28-30(36(50)42(56)40(54)34(28)48)26(31-29(25)35(49)41(55)43(57)37(31)51)19-14-16-21(17-15-19)45-59-23-8-4-5-9-24(23)60(45)22-6-2-1-3-7-22/h1-17H. The highest BCUT2D eigenvalue weighted by Crippen LogP contribution is 2.41. The molecule has 246 valence electrons. The van der Waals surface area contributed by atoms with Crippen molar-refractivity contribution in [2.45, 2.75) is 0 Å². The van der Waals surface area contributed by atoms with Gasteiger partial charge in [0.15, 0.2) is 0 Å². The van der Waals surface area contributed by atoms with Gasteiger partial charge < -0.3 is 0 Å². The summed E-state index contributed by atoms with van der Waals surface area (Å²) in [6, 6.07) is 33.2. The fourth-order valence-electron chi connectivity index (χ4n) is 8.33. The van der Waals surface area contributed by atoms with E-state index < -0.39 is 0 Å². The molecule has 0 atom stereocenters. The summed E-state index contributed by atoms with van der Waals surface area (Å²) in [4.78, 5) is 5.05. The van der Waals surface area contributed by atoms with Crippen LogP contribution in [-0.2, 0) is 0 Å². The highest BCUT2D eigenvalue weighted by Gasteiger charge is 2.25. The van der Waals surface area contributed by atoms with Crippen molar-refractivity contribution >= 4 is 206 Å². The topological polar surface area (TPSA) is 17.8 Å². The van der Waals surface area contributed by atoms with Gasteiger partial charge >= 0.3 is 0 Å². The molecule has 60 heavy (non-hydrogen) atoms. The van der Waals surface area contributed by atoms with E-state index >= 15 is 0 Å². The fraction of sp³-hybridized carbons (Fsp3) is 0. The van der Waals surface area contributed by atoms with Gasteiger partial charge in [-0.15, -0.1) is 38.2 Å². The van der Waals surface area contributed by atoms with Crippen molar-refractivity contribution in [3.8, 4) is 50.5 Å². The van der Waals surface area contributed by atoms with Crippen LogP contribution in [0.2, 0.25) is 0 Å². The molecule has 0 aliphatic carbocycles. The minimum absolute atomic E-state index is 0.0988. The van der Waals surface area contributed by atoms with Crippen LogP contribution in [0.25, 0.3) is 83.0 Å². The second-order valence-corrected chi connectivity index (χ2v) is 14.8. The van der Waals surface area contributed by atoms with Crippen molar-refractivity contribution in [3.05, 3.63) is 103 Å². The zero-order chi connectivity index (χ0) is 42.5. The van der Waals surface area contributed by atoms with Crippen molar-refractivity contribution < 1.29 is 0 Å². The largest absolute Gasteiger partial charge is 0.292 e. The first kappa shape index (κ1) is 40.0. The molecule has 0 N–H and O–H groups in total. The number of rotatable bonds is 5. The lowest BCUT2D eigenvalue weighted by Crippen LogP contribution is -2.55. The number of aromatic nitrogens is 2. The number of benzene rings is 8. The molecule has 2 nitrogen and oxygen atoms in total. The lowest BCUT2D eigenvalue weighted by Gasteiger charge is -2.28. The van der Waals surface area contributed by atoms with Crippen molar-refractivity contribution in [3.63, 3.8) is 0 Å². The second-order valence-electron chi connectivity index (χ2n) is 14.8. The second kappa shape index (κ2) is 14.9. The van der Waals surface area contributed by atoms with Crippen LogP contribution in [0.15, 0.2) is 103 Å². The lowest BCUT2D eigenvalue weighted by atomic mass is 9.59. The number of nitrogens with zero attached hydrogens (tertiary/aromatic N) is 2. The van der Waals surface area contributed by atoms with E-state index in [2.05, 4.69) is 4.57 Å². The summed E-state index contributed by atoms with van der Waals surface area (Å²) in [5.74, 6) is 0.747. The predicted octanol–water partition coefficient (Wildman–Crippen LogP) is -3.68. The van der Waals surface area contributed by atoms with Gasteiger partial charge in [0, 0.05) is 11.3 Å². The van der Waals surface area contributed by atoms with Crippen LogP contribution in [0.1, 0.15) is 0 Å². The molecule has 0 aliphatic heterocycles. The molecule has 0 unspecified atom stereocenters. The summed E-state index contributed by atoms with van der Waals surface area (Å²) in [5.41, 5.74) is 8.99. The third kappa shape index (κ3) is 5.93. The molecule has 1 aromatic heterocycles. The predicted molar refractivity (Wildman–Crippen MR) is 268 cm³/mol. The maximum Gasteiger partial charge on any atom is 0.145 e. The van der Waals surface area contributed by atoms with E-state index in [9.17, 15) is 0 Å². The normalized spacial score (nSPS) is 11.5. The van der Waals surface area contributed by atoms with Crippen molar-refractivity contribution in [2.75, 3.05) is 0 Å². The third-order valence-electron chi connectivity index (χ3n) is 11.5. The SMILES string of the molecule is [B]c1c([B])c([B])c(-c2ccc(-c3c4c([B])c([B])c([B])c([B])c4c(-c4ccc(-c5nc6ccccc6n5-c5ccccc5)cc4)c4c([B])c([B])c([B])c([B])c34)cc2)c([B])c1[B]. The molecule has 0 aliphatic rings. The molecule has 1 heterocycles. The first-order chi connectivity index (χ1) is 28.7. The quantitative estimate of drug-likeness (QED) is 0.132. The van der Waals surface area contributed by atoms with E-state index in [4.69, 9.17) is 107 Å². The zero-order valence-corrected chi connectivity index (χ0v) is 32.2. The Morgan fingerprint density at radius 3 is 1.07 bits per heavy atom. The van der Waals surface area contributed by atoms with Crippen LogP contribution < -0.4 is 71.0 Å². The van der Waals surface area contributed by atoms with E-state index in [1.165, 1.54) is 0 Å². The highest BCUT2D eigenvalue weighted by atomic mass is 15.1. The molecule has 0 bridgehead atoms. The highest BCUT2D eigenvalue weighted by molar-refractivity contribution is 6.72. The zero-order valence-electron chi connectivity index (χ0n) is 32.2. The van der Waals surface area contributed by atoms with Gasteiger partial charge in [0.1, 0.15) is 108 Å². The van der Waals surface area contributed by atoms with E-state index in [1.807, 2.05) is 91.0 Å². The molecular formula is C45H17B13N2. The summed E-state index contributed by atoms with van der Waals surface area (Å²) < 4.78 is 2.12. The van der Waals surface area contributed by atoms with Gasteiger partial charge in [-0.25, -0.2) is 4.98 Å². The van der Waals surface area contributed by atoms with Gasteiger partial charge in [-0.1, -0.05) is 112 Å². The van der Waals surface area contributed by atoms with Crippen LogP contribution in [0.5, 0.6) is 0 Å². The molecule has 15 heteroatoms. The summed E-state index contributed by atoms with van der Waals surface area (Å²) >= 11 is 0. The molecule has 0 amide bonds. The minimum atomic E-state index is 0.0988. The van der Waals surface area contributed by atoms with Crippen molar-refractivity contribution in [1.29, 1.82) is 0 Å². The van der Waals surface area contributed by atoms with Crippen molar-refractivity contribution in [2.24, 2.45) is 0 Å². The first-order valence-corrected chi connectivity index (χ1v) is 18.8. The van der Waals surface area contributed by atoms with E-state index in [1.54, 1.807) is 12.1 Å². The number of fused-ring (bicyclic) bond motifs is 3. The molecule has 9 rings (SSSR count). The number of para-hydroxylation sites is 3. The third-order valence-corrected chi connectivity index (χ3v) is 11.5. The van der Waals surface area contributed by atoms with Crippen LogP contribution >= 0.6 is 0 Å². The Morgan fingerprint density at radius 2 is 0.633 bits per heavy atom. The molecule has 8 aromatic carbocycles. The van der Waals surface area contributed by atoms with E-state index in [0.29, 0.717) is 54.9 Å². The monoisotopic (exact) mass is 728 g/mol. The van der Waals surface area contributed by atoms with Gasteiger partial charge in [-0.2, -0.15) is 0 Å². The van der Waals surface area contributed by atoms with Crippen molar-refractivity contribution in [1.82, 2.24) is 9.55 Å². The van der Waals surface area contributed by atoms with Crippen LogP contribution in [0, 0.1) is 0 Å². The summed E-state index contributed by atoms with van der Waals surface area (Å²) in [6.45, 7) is 0. The van der Waals surface area contributed by atoms with Gasteiger partial charge in [-0.3, -0.25) is 4.57 Å². The number of hydrogen-bond donors (Lipinski definition) is 0. The average Bonchev–Trinajstić information content (AvgIpc) is 3.67. The Labute approximate surface area is 366 Å².